The summed E-state index contributed by atoms with van der Waals surface area (Å²) in [7, 11) is 0. The van der Waals surface area contributed by atoms with Gasteiger partial charge in [-0.25, -0.2) is 0 Å². The van der Waals surface area contributed by atoms with Gasteiger partial charge in [-0.3, -0.25) is 4.79 Å². The van der Waals surface area contributed by atoms with Gasteiger partial charge in [-0.05, 0) is 58.4 Å². The highest BCUT2D eigenvalue weighted by molar-refractivity contribution is 8.00. The minimum absolute atomic E-state index is 0.0208. The van der Waals surface area contributed by atoms with Crippen LogP contribution in [0.3, 0.4) is 0 Å². The summed E-state index contributed by atoms with van der Waals surface area (Å²) in [6, 6.07) is -0.439. The van der Waals surface area contributed by atoms with Crippen LogP contribution in [0.25, 0.3) is 0 Å². The Morgan fingerprint density at radius 1 is 0.960 bits per heavy atom. The van der Waals surface area contributed by atoms with Crippen molar-refractivity contribution in [3.05, 3.63) is 0 Å². The van der Waals surface area contributed by atoms with Crippen molar-refractivity contribution in [2.75, 3.05) is 18.8 Å². The van der Waals surface area contributed by atoms with E-state index >= 15 is 0 Å². The lowest BCUT2D eigenvalue weighted by Gasteiger charge is -2.30. The molecule has 0 heterocycles. The molecule has 0 aromatic heterocycles. The Kier molecular flexibility index (Phi) is 15.3. The largest absolute Gasteiger partial charge is 0.345 e. The minimum Gasteiger partial charge on any atom is -0.345 e. The number of hydrogen-bond acceptors (Lipinski definition) is 5. The van der Waals surface area contributed by atoms with E-state index in [0.717, 1.165) is 76.5 Å². The first-order valence-corrected chi connectivity index (χ1v) is 10.7. The Morgan fingerprint density at radius 2 is 1.48 bits per heavy atom. The van der Waals surface area contributed by atoms with Gasteiger partial charge in [0.1, 0.15) is 6.29 Å². The molecule has 0 spiro atoms. The summed E-state index contributed by atoms with van der Waals surface area (Å²) in [6.07, 6.45) is 11.1. The number of nitrogens with two attached hydrogens (primary N) is 2. The maximum absolute atomic E-state index is 12.1. The zero-order valence-corrected chi connectivity index (χ0v) is 17.0. The van der Waals surface area contributed by atoms with Crippen LogP contribution in [0.5, 0.6) is 0 Å². The van der Waals surface area contributed by atoms with E-state index in [1.54, 1.807) is 11.8 Å². The van der Waals surface area contributed by atoms with E-state index in [2.05, 4.69) is 5.32 Å². The van der Waals surface area contributed by atoms with Crippen LogP contribution in [0, 0.1) is 0 Å². The van der Waals surface area contributed by atoms with Gasteiger partial charge < -0.3 is 21.6 Å². The van der Waals surface area contributed by atoms with Crippen LogP contribution in [0.1, 0.15) is 78.1 Å². The Balaban J connectivity index is 4.01. The number of thioether (sulfide) groups is 1. The van der Waals surface area contributed by atoms with Crippen LogP contribution < -0.4 is 16.8 Å². The van der Waals surface area contributed by atoms with E-state index in [9.17, 15) is 9.59 Å². The van der Waals surface area contributed by atoms with Crippen molar-refractivity contribution >= 4 is 24.0 Å². The molecule has 0 radical (unpaired) electrons. The molecule has 0 fully saturated rings. The van der Waals surface area contributed by atoms with Gasteiger partial charge in [0.25, 0.3) is 0 Å². The Hall–Kier alpha value is -0.590. The molecule has 1 amide bonds. The maximum atomic E-state index is 12.1. The van der Waals surface area contributed by atoms with Crippen LogP contribution in [0.4, 0.5) is 0 Å². The molecule has 148 valence electrons. The second kappa shape index (κ2) is 15.6. The number of hydrogen-bond donors (Lipinski definition) is 3. The fourth-order valence-electron chi connectivity index (χ4n) is 2.60. The Bertz CT molecular complexity index is 352. The number of aldehydes is 1. The summed E-state index contributed by atoms with van der Waals surface area (Å²) in [4.78, 5) is 23.5. The van der Waals surface area contributed by atoms with E-state index in [4.69, 9.17) is 11.5 Å². The van der Waals surface area contributed by atoms with Crippen LogP contribution >= 0.6 is 11.8 Å². The molecule has 1 atom stereocenters. The van der Waals surface area contributed by atoms with Gasteiger partial charge in [0.05, 0.1) is 6.04 Å². The standard InChI is InChI=1S/C19H39N3O2S/c1-19(2,25-15-11-7-6-10-14-21)17(16-23)22-18(24)12-8-4-3-5-9-13-20/h16-17H,3-15,20-21H2,1-2H3,(H,22,24)/t17-/m1/s1. The fourth-order valence-corrected chi connectivity index (χ4v) is 3.77. The van der Waals surface area contributed by atoms with E-state index in [-0.39, 0.29) is 10.7 Å². The molecular weight excluding hydrogens is 334 g/mol. The number of rotatable bonds is 17. The molecule has 0 aliphatic heterocycles. The van der Waals surface area contributed by atoms with E-state index in [0.29, 0.717) is 6.42 Å². The van der Waals surface area contributed by atoms with Crippen molar-refractivity contribution in [2.45, 2.75) is 88.8 Å². The number of carbonyl (C=O) groups excluding carboxylic acids is 2. The molecule has 6 heteroatoms. The van der Waals surface area contributed by atoms with Crippen molar-refractivity contribution in [3.63, 3.8) is 0 Å². The molecule has 5 nitrogen and oxygen atoms in total. The third-order valence-corrected chi connectivity index (χ3v) is 5.87. The third-order valence-electron chi connectivity index (χ3n) is 4.38. The molecule has 0 unspecified atom stereocenters. The second-order valence-corrected chi connectivity index (χ2v) is 8.89. The average Bonchev–Trinajstić information content (AvgIpc) is 2.58. The zero-order valence-electron chi connectivity index (χ0n) is 16.2. The molecule has 0 saturated carbocycles. The molecule has 0 aromatic carbocycles. The van der Waals surface area contributed by atoms with E-state index < -0.39 is 6.04 Å². The summed E-state index contributed by atoms with van der Waals surface area (Å²) < 4.78 is -0.285. The highest BCUT2D eigenvalue weighted by atomic mass is 32.2. The smallest absolute Gasteiger partial charge is 0.220 e. The Morgan fingerprint density at radius 3 is 2.04 bits per heavy atom. The second-order valence-electron chi connectivity index (χ2n) is 7.14. The van der Waals surface area contributed by atoms with Crippen molar-refractivity contribution in [1.29, 1.82) is 0 Å². The van der Waals surface area contributed by atoms with Crippen LogP contribution in [0.2, 0.25) is 0 Å². The van der Waals surface area contributed by atoms with E-state index in [1.165, 1.54) is 6.42 Å². The van der Waals surface area contributed by atoms with Gasteiger partial charge >= 0.3 is 0 Å². The summed E-state index contributed by atoms with van der Waals surface area (Å²) in [5.41, 5.74) is 11.0. The topological polar surface area (TPSA) is 98.2 Å². The molecular formula is C19H39N3O2S. The predicted molar refractivity (Wildman–Crippen MR) is 109 cm³/mol. The summed E-state index contributed by atoms with van der Waals surface area (Å²) in [5, 5.41) is 2.91. The number of amides is 1. The molecule has 0 aliphatic rings. The molecule has 0 rings (SSSR count). The van der Waals surface area contributed by atoms with Gasteiger partial charge in [-0.15, -0.1) is 0 Å². The molecule has 0 aromatic rings. The van der Waals surface area contributed by atoms with Crippen molar-refractivity contribution in [3.8, 4) is 0 Å². The predicted octanol–water partition coefficient (Wildman–Crippen LogP) is 3.00. The van der Waals surface area contributed by atoms with Crippen molar-refractivity contribution in [1.82, 2.24) is 5.32 Å². The van der Waals surface area contributed by atoms with Crippen LogP contribution in [-0.2, 0) is 9.59 Å². The van der Waals surface area contributed by atoms with Gasteiger partial charge in [0.2, 0.25) is 5.91 Å². The number of nitrogens with one attached hydrogen (secondary N) is 1. The normalized spacial score (nSPS) is 12.8. The lowest BCUT2D eigenvalue weighted by Crippen LogP contribution is -2.48. The zero-order chi connectivity index (χ0) is 19.0. The fraction of sp³-hybridized carbons (Fsp3) is 0.895. The highest BCUT2D eigenvalue weighted by Gasteiger charge is 2.30. The highest BCUT2D eigenvalue weighted by Crippen LogP contribution is 2.28. The first kappa shape index (κ1) is 24.4. The monoisotopic (exact) mass is 373 g/mol. The first-order chi connectivity index (χ1) is 12.0. The van der Waals surface area contributed by atoms with E-state index in [1.807, 2.05) is 13.8 Å². The Labute approximate surface area is 158 Å². The molecule has 0 aliphatic carbocycles. The molecule has 0 bridgehead atoms. The first-order valence-electron chi connectivity index (χ1n) is 9.76. The van der Waals surface area contributed by atoms with Gasteiger partial charge in [-0.2, -0.15) is 11.8 Å². The maximum Gasteiger partial charge on any atom is 0.220 e. The van der Waals surface area contributed by atoms with Gasteiger partial charge in [-0.1, -0.05) is 32.1 Å². The third kappa shape index (κ3) is 13.3. The van der Waals surface area contributed by atoms with Gasteiger partial charge in [0.15, 0.2) is 0 Å². The lowest BCUT2D eigenvalue weighted by atomic mass is 10.0. The van der Waals surface area contributed by atoms with Gasteiger partial charge in [0, 0.05) is 11.2 Å². The SMILES string of the molecule is CC(C)(SCCCCCCN)[C@@H](C=O)NC(=O)CCCCCCCN. The average molecular weight is 374 g/mol. The van der Waals surface area contributed by atoms with Crippen molar-refractivity contribution < 1.29 is 9.59 Å². The summed E-state index contributed by atoms with van der Waals surface area (Å²) in [6.45, 7) is 5.56. The number of carbonyl (C=O) groups is 2. The number of unbranched alkanes of at least 4 members (excludes halogenated alkanes) is 7. The van der Waals surface area contributed by atoms with Crippen molar-refractivity contribution in [2.24, 2.45) is 11.5 Å². The van der Waals surface area contributed by atoms with Crippen LogP contribution in [0.15, 0.2) is 0 Å². The lowest BCUT2D eigenvalue weighted by molar-refractivity contribution is -0.124. The summed E-state index contributed by atoms with van der Waals surface area (Å²) >= 11 is 1.76. The molecule has 25 heavy (non-hydrogen) atoms. The minimum atomic E-state index is -0.439. The molecule has 0 saturated heterocycles. The molecule has 5 N–H and O–H groups in total. The quantitative estimate of drug-likeness (QED) is 0.269. The summed E-state index contributed by atoms with van der Waals surface area (Å²) in [5.74, 6) is 0.978. The van der Waals surface area contributed by atoms with Crippen LogP contribution in [-0.4, -0.2) is 41.8 Å².